The van der Waals surface area contributed by atoms with Crippen molar-refractivity contribution in [1.29, 1.82) is 0 Å². The van der Waals surface area contributed by atoms with Crippen LogP contribution in [0.3, 0.4) is 0 Å². The molecule has 128 valence electrons. The van der Waals surface area contributed by atoms with Gasteiger partial charge in [-0.15, -0.1) is 10.2 Å². The highest BCUT2D eigenvalue weighted by molar-refractivity contribution is 7.18. The molecule has 3 aromatic rings. The normalized spacial score (nSPS) is 10.3. The summed E-state index contributed by atoms with van der Waals surface area (Å²) >= 11 is 1.27. The fraction of sp³-hybridized carbons (Fsp3) is 0.176. The molecule has 0 aliphatic carbocycles. The van der Waals surface area contributed by atoms with Crippen LogP contribution in [0.1, 0.15) is 5.56 Å². The van der Waals surface area contributed by atoms with Crippen molar-refractivity contribution < 1.29 is 9.53 Å². The number of benzene rings is 1. The summed E-state index contributed by atoms with van der Waals surface area (Å²) in [7, 11) is 1.63. The molecule has 2 aromatic heterocycles. The molecule has 3 rings (SSSR count). The maximum absolute atomic E-state index is 12.0. The summed E-state index contributed by atoms with van der Waals surface area (Å²) in [5.41, 5.74) is 1.77. The number of hydrogen-bond acceptors (Lipinski definition) is 6. The third-order valence-corrected chi connectivity index (χ3v) is 4.26. The third-order valence-electron chi connectivity index (χ3n) is 3.40. The van der Waals surface area contributed by atoms with Gasteiger partial charge in [-0.2, -0.15) is 0 Å². The van der Waals surface area contributed by atoms with E-state index >= 15 is 0 Å². The molecule has 25 heavy (non-hydrogen) atoms. The van der Waals surface area contributed by atoms with Crippen LogP contribution in [0.15, 0.2) is 48.7 Å². The second-order valence-electron chi connectivity index (χ2n) is 5.07. The number of pyridine rings is 1. The lowest BCUT2D eigenvalue weighted by atomic mass is 10.1. The number of carbonyl (C=O) groups excluding carboxylic acids is 1. The molecule has 0 aliphatic heterocycles. The topological polar surface area (TPSA) is 89.0 Å². The molecule has 0 fully saturated rings. The number of para-hydroxylation sites is 1. The molecule has 0 saturated carbocycles. The van der Waals surface area contributed by atoms with Gasteiger partial charge in [-0.25, -0.2) is 4.79 Å². The fourth-order valence-corrected chi connectivity index (χ4v) is 2.94. The first-order chi connectivity index (χ1) is 12.3. The van der Waals surface area contributed by atoms with Crippen LogP contribution >= 0.6 is 11.3 Å². The number of urea groups is 1. The number of amides is 2. The molecule has 0 unspecified atom stereocenters. The van der Waals surface area contributed by atoms with Crippen molar-refractivity contribution in [3.05, 3.63) is 54.2 Å². The maximum Gasteiger partial charge on any atom is 0.321 e. The van der Waals surface area contributed by atoms with E-state index in [0.717, 1.165) is 17.0 Å². The zero-order valence-electron chi connectivity index (χ0n) is 13.6. The Balaban J connectivity index is 1.51. The Labute approximate surface area is 149 Å². The van der Waals surface area contributed by atoms with Crippen molar-refractivity contribution in [2.75, 3.05) is 19.0 Å². The van der Waals surface area contributed by atoms with Gasteiger partial charge in [0.2, 0.25) is 5.13 Å². The number of methoxy groups -OCH3 is 1. The van der Waals surface area contributed by atoms with Crippen LogP contribution in [0.4, 0.5) is 9.93 Å². The van der Waals surface area contributed by atoms with Gasteiger partial charge in [0.25, 0.3) is 0 Å². The molecule has 1 aromatic carbocycles. The highest BCUT2D eigenvalue weighted by Crippen LogP contribution is 2.24. The molecule has 8 heteroatoms. The van der Waals surface area contributed by atoms with E-state index < -0.39 is 0 Å². The van der Waals surface area contributed by atoms with E-state index in [1.807, 2.05) is 42.5 Å². The van der Waals surface area contributed by atoms with Crippen LogP contribution in [0.25, 0.3) is 10.7 Å². The minimum Gasteiger partial charge on any atom is -0.496 e. The first-order valence-corrected chi connectivity index (χ1v) is 8.49. The van der Waals surface area contributed by atoms with Gasteiger partial charge in [0.1, 0.15) is 11.4 Å². The average Bonchev–Trinajstić information content (AvgIpc) is 3.11. The minimum absolute atomic E-state index is 0.321. The van der Waals surface area contributed by atoms with E-state index in [1.165, 1.54) is 11.3 Å². The van der Waals surface area contributed by atoms with E-state index in [-0.39, 0.29) is 6.03 Å². The molecule has 2 N–H and O–H groups in total. The summed E-state index contributed by atoms with van der Waals surface area (Å²) in [5, 5.41) is 14.6. The summed E-state index contributed by atoms with van der Waals surface area (Å²) in [5.74, 6) is 0.814. The van der Waals surface area contributed by atoms with Gasteiger partial charge in [0.05, 0.1) is 7.11 Å². The van der Waals surface area contributed by atoms with Gasteiger partial charge in [-0.1, -0.05) is 35.6 Å². The monoisotopic (exact) mass is 355 g/mol. The summed E-state index contributed by atoms with van der Waals surface area (Å²) < 4.78 is 5.29. The molecule has 0 atom stereocenters. The highest BCUT2D eigenvalue weighted by Gasteiger charge is 2.10. The van der Waals surface area contributed by atoms with Crippen molar-refractivity contribution in [2.24, 2.45) is 0 Å². The Hall–Kier alpha value is -3.00. The second kappa shape index (κ2) is 8.20. The first-order valence-electron chi connectivity index (χ1n) is 7.68. The maximum atomic E-state index is 12.0. The minimum atomic E-state index is -0.321. The summed E-state index contributed by atoms with van der Waals surface area (Å²) in [6.45, 7) is 0.484. The van der Waals surface area contributed by atoms with Crippen LogP contribution in [-0.4, -0.2) is 34.9 Å². The number of carbonyl (C=O) groups is 1. The number of rotatable bonds is 6. The number of hydrogen-bond donors (Lipinski definition) is 2. The van der Waals surface area contributed by atoms with Gasteiger partial charge in [-0.05, 0) is 30.2 Å². The Kier molecular flexibility index (Phi) is 5.53. The zero-order chi connectivity index (χ0) is 17.5. The molecule has 0 bridgehead atoms. The van der Waals surface area contributed by atoms with Gasteiger partial charge in [-0.3, -0.25) is 10.3 Å². The smallest absolute Gasteiger partial charge is 0.321 e. The summed E-state index contributed by atoms with van der Waals surface area (Å²) in [4.78, 5) is 16.2. The fourth-order valence-electron chi connectivity index (χ4n) is 2.23. The molecule has 7 nitrogen and oxygen atoms in total. The van der Waals surface area contributed by atoms with Crippen LogP contribution < -0.4 is 15.4 Å². The molecule has 0 aliphatic rings. The first kappa shape index (κ1) is 16.8. The molecule has 0 saturated heterocycles. The number of aromatic nitrogens is 3. The van der Waals surface area contributed by atoms with E-state index in [4.69, 9.17) is 4.74 Å². The SMILES string of the molecule is COc1ccccc1CCNC(=O)Nc1nnc(-c2ccccn2)s1. The lowest BCUT2D eigenvalue weighted by Crippen LogP contribution is -2.30. The van der Waals surface area contributed by atoms with E-state index in [0.29, 0.717) is 23.1 Å². The number of nitrogens with zero attached hydrogens (tertiary/aromatic N) is 3. The summed E-state index contributed by atoms with van der Waals surface area (Å²) in [6, 6.07) is 13.0. The largest absolute Gasteiger partial charge is 0.496 e. The van der Waals surface area contributed by atoms with Crippen molar-refractivity contribution in [3.63, 3.8) is 0 Å². The number of ether oxygens (including phenoxy) is 1. The van der Waals surface area contributed by atoms with Crippen LogP contribution in [0.2, 0.25) is 0 Å². The molecule has 2 amide bonds. The average molecular weight is 355 g/mol. The van der Waals surface area contributed by atoms with Gasteiger partial charge < -0.3 is 10.1 Å². The van der Waals surface area contributed by atoms with Crippen LogP contribution in [-0.2, 0) is 6.42 Å². The van der Waals surface area contributed by atoms with Gasteiger partial charge in [0.15, 0.2) is 5.01 Å². The molecule has 0 radical (unpaired) electrons. The Morgan fingerprint density at radius 3 is 2.80 bits per heavy atom. The van der Waals surface area contributed by atoms with Gasteiger partial charge in [0, 0.05) is 12.7 Å². The highest BCUT2D eigenvalue weighted by atomic mass is 32.1. The number of nitrogens with one attached hydrogen (secondary N) is 2. The van der Waals surface area contributed by atoms with Crippen molar-refractivity contribution >= 4 is 22.5 Å². The van der Waals surface area contributed by atoms with E-state index in [1.54, 1.807) is 13.3 Å². The zero-order valence-corrected chi connectivity index (χ0v) is 14.4. The van der Waals surface area contributed by atoms with Crippen LogP contribution in [0, 0.1) is 0 Å². The van der Waals surface area contributed by atoms with E-state index in [2.05, 4.69) is 25.8 Å². The third kappa shape index (κ3) is 4.51. The molecule has 0 spiro atoms. The molecule has 2 heterocycles. The second-order valence-corrected chi connectivity index (χ2v) is 6.05. The van der Waals surface area contributed by atoms with E-state index in [9.17, 15) is 4.79 Å². The van der Waals surface area contributed by atoms with Crippen molar-refractivity contribution in [3.8, 4) is 16.5 Å². The molecular weight excluding hydrogens is 338 g/mol. The van der Waals surface area contributed by atoms with Gasteiger partial charge >= 0.3 is 6.03 Å². The number of anilines is 1. The Morgan fingerprint density at radius 1 is 1.16 bits per heavy atom. The standard InChI is InChI=1S/C17H17N5O2S/c1-24-14-8-3-2-6-12(14)9-11-19-16(23)20-17-22-21-15(25-17)13-7-4-5-10-18-13/h2-8,10H,9,11H2,1H3,(H2,19,20,22,23). The van der Waals surface area contributed by atoms with Crippen molar-refractivity contribution in [2.45, 2.75) is 6.42 Å². The Morgan fingerprint density at radius 2 is 2.00 bits per heavy atom. The Bertz CT molecular complexity index is 838. The quantitative estimate of drug-likeness (QED) is 0.709. The summed E-state index contributed by atoms with van der Waals surface area (Å²) in [6.07, 6.45) is 2.36. The predicted molar refractivity (Wildman–Crippen MR) is 96.9 cm³/mol. The van der Waals surface area contributed by atoms with Crippen LogP contribution in [0.5, 0.6) is 5.75 Å². The lowest BCUT2D eigenvalue weighted by Gasteiger charge is -2.09. The van der Waals surface area contributed by atoms with Crippen molar-refractivity contribution in [1.82, 2.24) is 20.5 Å². The predicted octanol–water partition coefficient (Wildman–Crippen LogP) is 2.97. The lowest BCUT2D eigenvalue weighted by molar-refractivity contribution is 0.252. The molecular formula is C17H17N5O2S.